The van der Waals surface area contributed by atoms with Gasteiger partial charge in [-0.1, -0.05) is 23.7 Å². The lowest BCUT2D eigenvalue weighted by Crippen LogP contribution is -2.56. The van der Waals surface area contributed by atoms with Gasteiger partial charge in [0.15, 0.2) is 0 Å². The Balaban J connectivity index is 1.28. The summed E-state index contributed by atoms with van der Waals surface area (Å²) >= 11 is 5.91. The monoisotopic (exact) mass is 434 g/mol. The van der Waals surface area contributed by atoms with E-state index in [-0.39, 0.29) is 30.5 Å². The van der Waals surface area contributed by atoms with Crippen molar-refractivity contribution in [2.45, 2.75) is 43.9 Å². The Hall–Kier alpha value is -2.16. The Morgan fingerprint density at radius 1 is 1.23 bits per heavy atom. The molecule has 3 heterocycles. The zero-order valence-electron chi connectivity index (χ0n) is 16.9. The number of nitrogens with one attached hydrogen (secondary N) is 2. The van der Waals surface area contributed by atoms with Crippen molar-refractivity contribution >= 4 is 29.4 Å². The van der Waals surface area contributed by atoms with Crippen molar-refractivity contribution < 1.29 is 19.1 Å². The molecule has 9 heteroatoms. The van der Waals surface area contributed by atoms with Crippen LogP contribution in [0.15, 0.2) is 24.3 Å². The highest BCUT2D eigenvalue weighted by atomic mass is 35.5. The van der Waals surface area contributed by atoms with Crippen LogP contribution in [0.25, 0.3) is 0 Å². The van der Waals surface area contributed by atoms with Crippen LogP contribution in [0.2, 0.25) is 5.02 Å². The topological polar surface area (TPSA) is 91.0 Å². The van der Waals surface area contributed by atoms with Crippen LogP contribution in [-0.4, -0.2) is 72.1 Å². The summed E-state index contributed by atoms with van der Waals surface area (Å²) in [5, 5.41) is 6.44. The lowest BCUT2D eigenvalue weighted by atomic mass is 9.87. The number of hydrogen-bond acceptors (Lipinski definition) is 5. The molecule has 3 fully saturated rings. The number of hydrogen-bond donors (Lipinski definition) is 2. The number of urea groups is 1. The summed E-state index contributed by atoms with van der Waals surface area (Å²) in [6.07, 6.45) is 3.14. The number of likely N-dealkylation sites (tertiary alicyclic amines) is 1. The fourth-order valence-corrected chi connectivity index (χ4v) is 4.44. The highest BCUT2D eigenvalue weighted by Gasteiger charge is 2.52. The quantitative estimate of drug-likeness (QED) is 0.662. The molecule has 162 valence electrons. The predicted molar refractivity (Wildman–Crippen MR) is 111 cm³/mol. The van der Waals surface area contributed by atoms with Crippen LogP contribution in [0.4, 0.5) is 4.79 Å². The second-order valence-corrected chi connectivity index (χ2v) is 8.68. The van der Waals surface area contributed by atoms with Crippen LogP contribution in [0.1, 0.15) is 31.2 Å². The van der Waals surface area contributed by atoms with Crippen molar-refractivity contribution in [3.8, 4) is 0 Å². The van der Waals surface area contributed by atoms with E-state index in [0.717, 1.165) is 25.0 Å². The standard InChI is InChI=1S/C21H27ClN4O4/c22-16-5-3-15(4-6-16)13-26-19(28)21(24-20(26)29)7-9-25(10-8-21)14-18(27)23-12-17-2-1-11-30-17/h3-6,17H,1-2,7-14H2,(H,23,27)(H,24,29)/t17-/m0/s1. The average molecular weight is 435 g/mol. The van der Waals surface area contributed by atoms with Crippen molar-refractivity contribution in [2.24, 2.45) is 0 Å². The Morgan fingerprint density at radius 2 is 1.97 bits per heavy atom. The van der Waals surface area contributed by atoms with Gasteiger partial charge in [-0.05, 0) is 43.4 Å². The number of carbonyl (C=O) groups excluding carboxylic acids is 3. The minimum atomic E-state index is -0.867. The molecule has 1 spiro atoms. The zero-order chi connectivity index (χ0) is 21.1. The van der Waals surface area contributed by atoms with Gasteiger partial charge in [0.25, 0.3) is 5.91 Å². The van der Waals surface area contributed by atoms with E-state index in [1.54, 1.807) is 12.1 Å². The first-order valence-corrected chi connectivity index (χ1v) is 10.8. The Bertz CT molecular complexity index is 802. The summed E-state index contributed by atoms with van der Waals surface area (Å²) in [7, 11) is 0. The number of benzene rings is 1. The number of halogens is 1. The predicted octanol–water partition coefficient (Wildman–Crippen LogP) is 1.52. The van der Waals surface area contributed by atoms with E-state index in [1.807, 2.05) is 17.0 Å². The highest BCUT2D eigenvalue weighted by Crippen LogP contribution is 2.30. The lowest BCUT2D eigenvalue weighted by Gasteiger charge is -2.37. The molecule has 1 aromatic rings. The summed E-state index contributed by atoms with van der Waals surface area (Å²) in [5.74, 6) is -0.225. The second kappa shape index (κ2) is 8.91. The van der Waals surface area contributed by atoms with Crippen LogP contribution < -0.4 is 10.6 Å². The normalized spacial score (nSPS) is 23.8. The van der Waals surface area contributed by atoms with Gasteiger partial charge in [-0.15, -0.1) is 0 Å². The third-order valence-electron chi connectivity index (χ3n) is 6.13. The molecule has 3 aliphatic rings. The molecule has 0 unspecified atom stereocenters. The number of nitrogens with zero attached hydrogens (tertiary/aromatic N) is 2. The fraction of sp³-hybridized carbons (Fsp3) is 0.571. The third kappa shape index (κ3) is 4.61. The largest absolute Gasteiger partial charge is 0.376 e. The number of rotatable bonds is 6. The molecule has 30 heavy (non-hydrogen) atoms. The van der Waals surface area contributed by atoms with E-state index < -0.39 is 5.54 Å². The molecule has 0 aliphatic carbocycles. The number of piperidine rings is 1. The van der Waals surface area contributed by atoms with Crippen LogP contribution >= 0.6 is 11.6 Å². The van der Waals surface area contributed by atoms with Gasteiger partial charge in [-0.2, -0.15) is 0 Å². The Morgan fingerprint density at radius 3 is 2.63 bits per heavy atom. The van der Waals surface area contributed by atoms with Gasteiger partial charge in [0, 0.05) is 31.3 Å². The molecule has 4 amide bonds. The van der Waals surface area contributed by atoms with Crippen molar-refractivity contribution in [1.82, 2.24) is 20.4 Å². The van der Waals surface area contributed by atoms with Crippen LogP contribution in [0.3, 0.4) is 0 Å². The van der Waals surface area contributed by atoms with E-state index in [2.05, 4.69) is 10.6 Å². The Kier molecular flexibility index (Phi) is 6.26. The van der Waals surface area contributed by atoms with Crippen LogP contribution in [-0.2, 0) is 20.9 Å². The Labute approximate surface area is 180 Å². The first-order valence-electron chi connectivity index (χ1n) is 10.4. The summed E-state index contributed by atoms with van der Waals surface area (Å²) in [6, 6.07) is 6.75. The van der Waals surface area contributed by atoms with Gasteiger partial charge in [-0.25, -0.2) is 4.79 Å². The second-order valence-electron chi connectivity index (χ2n) is 8.25. The van der Waals surface area contributed by atoms with Gasteiger partial charge in [0.1, 0.15) is 5.54 Å². The SMILES string of the molecule is O=C(CN1CCC2(CC1)NC(=O)N(Cc1ccc(Cl)cc1)C2=O)NC[C@@H]1CCCO1. The summed E-state index contributed by atoms with van der Waals surface area (Å²) in [5.41, 5.74) is -0.0194. The average Bonchev–Trinajstić information content (AvgIpc) is 3.33. The molecule has 3 aliphatic heterocycles. The lowest BCUT2D eigenvalue weighted by molar-refractivity contribution is -0.133. The van der Waals surface area contributed by atoms with Crippen LogP contribution in [0.5, 0.6) is 0 Å². The van der Waals surface area contributed by atoms with Crippen molar-refractivity contribution in [3.05, 3.63) is 34.9 Å². The first kappa shape index (κ1) is 21.1. The molecule has 4 rings (SSSR count). The fourth-order valence-electron chi connectivity index (χ4n) is 4.32. The van der Waals surface area contributed by atoms with Crippen molar-refractivity contribution in [1.29, 1.82) is 0 Å². The maximum absolute atomic E-state index is 13.0. The molecule has 8 nitrogen and oxygen atoms in total. The number of imide groups is 1. The molecule has 0 aromatic heterocycles. The molecule has 0 saturated carbocycles. The molecule has 2 N–H and O–H groups in total. The third-order valence-corrected chi connectivity index (χ3v) is 6.38. The highest BCUT2D eigenvalue weighted by molar-refractivity contribution is 6.30. The van der Waals surface area contributed by atoms with Crippen LogP contribution in [0, 0.1) is 0 Å². The minimum Gasteiger partial charge on any atom is -0.376 e. The van der Waals surface area contributed by atoms with E-state index in [0.29, 0.717) is 44.0 Å². The molecule has 3 saturated heterocycles. The maximum atomic E-state index is 13.0. The summed E-state index contributed by atoms with van der Waals surface area (Å²) in [4.78, 5) is 41.0. The van der Waals surface area contributed by atoms with Gasteiger partial charge >= 0.3 is 6.03 Å². The molecular formula is C21H27ClN4O4. The minimum absolute atomic E-state index is 0.0346. The van der Waals surface area contributed by atoms with E-state index in [1.165, 1.54) is 4.90 Å². The van der Waals surface area contributed by atoms with E-state index >= 15 is 0 Å². The van der Waals surface area contributed by atoms with Gasteiger partial charge in [0.05, 0.1) is 19.2 Å². The molecule has 0 radical (unpaired) electrons. The zero-order valence-corrected chi connectivity index (χ0v) is 17.6. The van der Waals surface area contributed by atoms with Gasteiger partial charge < -0.3 is 15.4 Å². The summed E-state index contributed by atoms with van der Waals surface area (Å²) in [6.45, 7) is 2.98. The van der Waals surface area contributed by atoms with Crippen molar-refractivity contribution in [3.63, 3.8) is 0 Å². The van der Waals surface area contributed by atoms with E-state index in [4.69, 9.17) is 16.3 Å². The van der Waals surface area contributed by atoms with Crippen molar-refractivity contribution in [2.75, 3.05) is 32.8 Å². The molecule has 1 atom stereocenters. The smallest absolute Gasteiger partial charge is 0.325 e. The summed E-state index contributed by atoms with van der Waals surface area (Å²) < 4.78 is 5.52. The number of amides is 4. The first-order chi connectivity index (χ1) is 14.4. The maximum Gasteiger partial charge on any atom is 0.325 e. The van der Waals surface area contributed by atoms with Gasteiger partial charge in [0.2, 0.25) is 5.91 Å². The number of ether oxygens (including phenoxy) is 1. The van der Waals surface area contributed by atoms with E-state index in [9.17, 15) is 14.4 Å². The molecular weight excluding hydrogens is 408 g/mol. The molecule has 0 bridgehead atoms. The van der Waals surface area contributed by atoms with Gasteiger partial charge in [-0.3, -0.25) is 19.4 Å². The molecule has 1 aromatic carbocycles. The number of carbonyl (C=O) groups is 3.